The Labute approximate surface area is 127 Å². The number of rotatable bonds is 6. The summed E-state index contributed by atoms with van der Waals surface area (Å²) in [6.07, 6.45) is 5.42. The fourth-order valence-corrected chi connectivity index (χ4v) is 2.46. The van der Waals surface area contributed by atoms with E-state index in [4.69, 9.17) is 0 Å². The SMILES string of the molecule is CCCNc1cc(C(=O)NN2CCCCC2)cc(CC)n1. The Morgan fingerprint density at radius 3 is 2.67 bits per heavy atom. The molecule has 1 aliphatic rings. The van der Waals surface area contributed by atoms with Crippen LogP contribution in [-0.2, 0) is 6.42 Å². The summed E-state index contributed by atoms with van der Waals surface area (Å²) in [6.45, 7) is 6.92. The molecule has 5 heteroatoms. The molecule has 116 valence electrons. The summed E-state index contributed by atoms with van der Waals surface area (Å²) in [5.74, 6) is 0.758. The van der Waals surface area contributed by atoms with Crippen molar-refractivity contribution in [2.45, 2.75) is 46.0 Å². The molecule has 0 saturated carbocycles. The van der Waals surface area contributed by atoms with Crippen molar-refractivity contribution < 1.29 is 4.79 Å². The van der Waals surface area contributed by atoms with Crippen LogP contribution in [0.4, 0.5) is 5.82 Å². The molecule has 1 aromatic rings. The third kappa shape index (κ3) is 4.70. The quantitative estimate of drug-likeness (QED) is 0.845. The molecule has 2 heterocycles. The molecule has 1 aliphatic heterocycles. The molecule has 0 aromatic carbocycles. The third-order valence-electron chi connectivity index (χ3n) is 3.67. The summed E-state index contributed by atoms with van der Waals surface area (Å²) in [5.41, 5.74) is 4.64. The standard InChI is InChI=1S/C16H26N4O/c1-3-8-17-15-12-13(11-14(4-2)18-15)16(21)19-20-9-6-5-7-10-20/h11-12H,3-10H2,1-2H3,(H,17,18)(H,19,21). The molecule has 2 rings (SSSR count). The van der Waals surface area contributed by atoms with Gasteiger partial charge in [0.15, 0.2) is 0 Å². The zero-order valence-corrected chi connectivity index (χ0v) is 13.1. The van der Waals surface area contributed by atoms with E-state index in [1.54, 1.807) is 0 Å². The van der Waals surface area contributed by atoms with Gasteiger partial charge in [0.2, 0.25) is 0 Å². The van der Waals surface area contributed by atoms with Gasteiger partial charge in [-0.2, -0.15) is 0 Å². The second kappa shape index (κ2) is 7.98. The Morgan fingerprint density at radius 2 is 2.00 bits per heavy atom. The highest BCUT2D eigenvalue weighted by atomic mass is 16.2. The van der Waals surface area contributed by atoms with Gasteiger partial charge in [0, 0.05) is 30.9 Å². The second-order valence-corrected chi connectivity index (χ2v) is 5.50. The largest absolute Gasteiger partial charge is 0.370 e. The maximum absolute atomic E-state index is 12.4. The molecule has 0 atom stereocenters. The number of aromatic nitrogens is 1. The van der Waals surface area contributed by atoms with E-state index in [0.717, 1.165) is 56.8 Å². The maximum Gasteiger partial charge on any atom is 0.265 e. The van der Waals surface area contributed by atoms with Crippen molar-refractivity contribution in [3.8, 4) is 0 Å². The minimum atomic E-state index is -0.0338. The first-order chi connectivity index (χ1) is 10.2. The lowest BCUT2D eigenvalue weighted by Gasteiger charge is -2.26. The molecule has 0 radical (unpaired) electrons. The summed E-state index contributed by atoms with van der Waals surface area (Å²) in [5, 5.41) is 5.29. The number of nitrogens with one attached hydrogen (secondary N) is 2. The number of hydrazine groups is 1. The van der Waals surface area contributed by atoms with Crippen LogP contribution in [0.25, 0.3) is 0 Å². The summed E-state index contributed by atoms with van der Waals surface area (Å²) >= 11 is 0. The van der Waals surface area contributed by atoms with Crippen LogP contribution in [0.1, 0.15) is 55.6 Å². The van der Waals surface area contributed by atoms with Gasteiger partial charge in [0.25, 0.3) is 5.91 Å². The van der Waals surface area contributed by atoms with Crippen molar-refractivity contribution in [2.75, 3.05) is 25.0 Å². The molecule has 1 fully saturated rings. The number of anilines is 1. The highest BCUT2D eigenvalue weighted by Crippen LogP contribution is 2.13. The van der Waals surface area contributed by atoms with Gasteiger partial charge < -0.3 is 5.32 Å². The van der Waals surface area contributed by atoms with Gasteiger partial charge in [-0.15, -0.1) is 0 Å². The van der Waals surface area contributed by atoms with Gasteiger partial charge in [0.05, 0.1) is 0 Å². The number of aryl methyl sites for hydroxylation is 1. The van der Waals surface area contributed by atoms with Gasteiger partial charge in [-0.3, -0.25) is 10.2 Å². The van der Waals surface area contributed by atoms with E-state index in [0.29, 0.717) is 5.56 Å². The monoisotopic (exact) mass is 290 g/mol. The van der Waals surface area contributed by atoms with E-state index in [-0.39, 0.29) is 5.91 Å². The first-order valence-electron chi connectivity index (χ1n) is 8.03. The average Bonchev–Trinajstić information content (AvgIpc) is 2.53. The highest BCUT2D eigenvalue weighted by molar-refractivity contribution is 5.94. The van der Waals surface area contributed by atoms with E-state index in [1.807, 2.05) is 17.1 Å². The number of nitrogens with zero attached hydrogens (tertiary/aromatic N) is 2. The van der Waals surface area contributed by atoms with Crippen molar-refractivity contribution in [3.05, 3.63) is 23.4 Å². The van der Waals surface area contributed by atoms with Crippen molar-refractivity contribution >= 4 is 11.7 Å². The van der Waals surface area contributed by atoms with Crippen LogP contribution in [-0.4, -0.2) is 35.5 Å². The molecule has 1 saturated heterocycles. The fraction of sp³-hybridized carbons (Fsp3) is 0.625. The lowest BCUT2D eigenvalue weighted by molar-refractivity contribution is 0.0750. The van der Waals surface area contributed by atoms with Crippen molar-refractivity contribution in [2.24, 2.45) is 0 Å². The molecule has 5 nitrogen and oxygen atoms in total. The van der Waals surface area contributed by atoms with Crippen molar-refractivity contribution in [3.63, 3.8) is 0 Å². The number of carbonyl (C=O) groups is 1. The van der Waals surface area contributed by atoms with Crippen LogP contribution >= 0.6 is 0 Å². The van der Waals surface area contributed by atoms with Crippen molar-refractivity contribution in [1.29, 1.82) is 0 Å². The Hall–Kier alpha value is -1.62. The molecule has 0 bridgehead atoms. The molecule has 21 heavy (non-hydrogen) atoms. The highest BCUT2D eigenvalue weighted by Gasteiger charge is 2.15. The Kier molecular flexibility index (Phi) is 5.99. The smallest absolute Gasteiger partial charge is 0.265 e. The lowest BCUT2D eigenvalue weighted by atomic mass is 10.1. The summed E-state index contributed by atoms with van der Waals surface area (Å²) in [6, 6.07) is 3.73. The predicted octanol–water partition coefficient (Wildman–Crippen LogP) is 2.60. The summed E-state index contributed by atoms with van der Waals surface area (Å²) in [7, 11) is 0. The number of pyridine rings is 1. The number of piperidine rings is 1. The Bertz CT molecular complexity index is 469. The van der Waals surface area contributed by atoms with Crippen LogP contribution < -0.4 is 10.7 Å². The van der Waals surface area contributed by atoms with Crippen molar-refractivity contribution in [1.82, 2.24) is 15.4 Å². The van der Waals surface area contributed by atoms with E-state index in [9.17, 15) is 4.79 Å². The topological polar surface area (TPSA) is 57.3 Å². The Balaban J connectivity index is 2.07. The number of amides is 1. The number of hydrogen-bond donors (Lipinski definition) is 2. The average molecular weight is 290 g/mol. The van der Waals surface area contributed by atoms with Crippen LogP contribution in [0.2, 0.25) is 0 Å². The van der Waals surface area contributed by atoms with E-state index >= 15 is 0 Å². The molecule has 0 aliphatic carbocycles. The second-order valence-electron chi connectivity index (χ2n) is 5.50. The van der Waals surface area contributed by atoms with Crippen LogP contribution in [0.5, 0.6) is 0 Å². The number of carbonyl (C=O) groups excluding carboxylic acids is 1. The first-order valence-corrected chi connectivity index (χ1v) is 8.03. The zero-order chi connectivity index (χ0) is 15.1. The number of hydrogen-bond acceptors (Lipinski definition) is 4. The summed E-state index contributed by atoms with van der Waals surface area (Å²) < 4.78 is 0. The normalized spacial score (nSPS) is 15.7. The van der Waals surface area contributed by atoms with Gasteiger partial charge >= 0.3 is 0 Å². The van der Waals surface area contributed by atoms with Crippen LogP contribution in [0, 0.1) is 0 Å². The summed E-state index contributed by atoms with van der Waals surface area (Å²) in [4.78, 5) is 16.9. The van der Waals surface area contributed by atoms with Gasteiger partial charge in [-0.1, -0.05) is 20.3 Å². The van der Waals surface area contributed by atoms with Gasteiger partial charge in [-0.25, -0.2) is 9.99 Å². The molecule has 0 spiro atoms. The van der Waals surface area contributed by atoms with Crippen LogP contribution in [0.15, 0.2) is 12.1 Å². The van der Waals surface area contributed by atoms with E-state index < -0.39 is 0 Å². The molecule has 0 unspecified atom stereocenters. The fourth-order valence-electron chi connectivity index (χ4n) is 2.46. The molecule has 1 aromatic heterocycles. The lowest BCUT2D eigenvalue weighted by Crippen LogP contribution is -2.45. The van der Waals surface area contributed by atoms with Gasteiger partial charge in [-0.05, 0) is 37.8 Å². The molecule has 2 N–H and O–H groups in total. The molecular formula is C16H26N4O. The maximum atomic E-state index is 12.4. The van der Waals surface area contributed by atoms with Gasteiger partial charge in [0.1, 0.15) is 5.82 Å². The Morgan fingerprint density at radius 1 is 1.24 bits per heavy atom. The predicted molar refractivity (Wildman–Crippen MR) is 85.3 cm³/mol. The molecule has 1 amide bonds. The zero-order valence-electron chi connectivity index (χ0n) is 13.1. The third-order valence-corrected chi connectivity index (χ3v) is 3.67. The van der Waals surface area contributed by atoms with E-state index in [1.165, 1.54) is 6.42 Å². The first kappa shape index (κ1) is 15.8. The van der Waals surface area contributed by atoms with E-state index in [2.05, 4.69) is 29.6 Å². The molecular weight excluding hydrogens is 264 g/mol. The minimum Gasteiger partial charge on any atom is -0.370 e. The van der Waals surface area contributed by atoms with Crippen LogP contribution in [0.3, 0.4) is 0 Å². The minimum absolute atomic E-state index is 0.0338.